The summed E-state index contributed by atoms with van der Waals surface area (Å²) in [4.78, 5) is 0. The topological polar surface area (TPSA) is 40.5 Å². The average Bonchev–Trinajstić information content (AvgIpc) is 2.35. The van der Waals surface area contributed by atoms with Gasteiger partial charge in [-0.05, 0) is 18.3 Å². The maximum absolute atomic E-state index is 9.42. The fourth-order valence-corrected chi connectivity index (χ4v) is 2.56. The Labute approximate surface area is 107 Å². The first-order valence-electron chi connectivity index (χ1n) is 7.51. The Hall–Kier alpha value is -0.0800. The van der Waals surface area contributed by atoms with Crippen LogP contribution < -0.4 is 0 Å². The molecule has 0 aliphatic rings. The van der Waals surface area contributed by atoms with Crippen molar-refractivity contribution in [1.29, 1.82) is 0 Å². The number of hydrogen-bond acceptors (Lipinski definition) is 2. The summed E-state index contributed by atoms with van der Waals surface area (Å²) in [6.45, 7) is 4.90. The molecule has 0 spiro atoms. The summed E-state index contributed by atoms with van der Waals surface area (Å²) >= 11 is 0. The lowest BCUT2D eigenvalue weighted by Crippen LogP contribution is -2.20. The molecular weight excluding hydrogens is 212 g/mol. The predicted molar refractivity (Wildman–Crippen MR) is 74.1 cm³/mol. The van der Waals surface area contributed by atoms with Gasteiger partial charge in [0.25, 0.3) is 0 Å². The number of aliphatic hydroxyl groups excluding tert-OH is 2. The van der Waals surface area contributed by atoms with Crippen LogP contribution in [0, 0.1) is 11.8 Å². The Balaban J connectivity index is 4.00. The van der Waals surface area contributed by atoms with Gasteiger partial charge < -0.3 is 10.2 Å². The van der Waals surface area contributed by atoms with Crippen LogP contribution in [0.25, 0.3) is 0 Å². The predicted octanol–water partition coefficient (Wildman–Crippen LogP) is 3.75. The van der Waals surface area contributed by atoms with Crippen LogP contribution in [0.3, 0.4) is 0 Å². The Bertz CT molecular complexity index is 148. The van der Waals surface area contributed by atoms with Crippen LogP contribution in [0.1, 0.15) is 71.6 Å². The Morgan fingerprint density at radius 1 is 0.706 bits per heavy atom. The van der Waals surface area contributed by atoms with Crippen LogP contribution in [-0.4, -0.2) is 23.4 Å². The van der Waals surface area contributed by atoms with Gasteiger partial charge in [0.05, 0.1) is 0 Å². The van der Waals surface area contributed by atoms with Crippen molar-refractivity contribution in [1.82, 2.24) is 0 Å². The molecule has 0 aromatic carbocycles. The molecule has 0 amide bonds. The van der Waals surface area contributed by atoms with Gasteiger partial charge in [-0.1, -0.05) is 65.2 Å². The summed E-state index contributed by atoms with van der Waals surface area (Å²) in [5, 5.41) is 18.5. The smallest absolute Gasteiger partial charge is 0.0462 e. The number of hydrogen-bond donors (Lipinski definition) is 2. The van der Waals surface area contributed by atoms with E-state index in [1.165, 1.54) is 51.4 Å². The van der Waals surface area contributed by atoms with Crippen molar-refractivity contribution in [2.24, 2.45) is 11.8 Å². The highest BCUT2D eigenvalue weighted by atomic mass is 16.3. The van der Waals surface area contributed by atoms with E-state index in [4.69, 9.17) is 5.11 Å². The summed E-state index contributed by atoms with van der Waals surface area (Å²) in [6.07, 6.45) is 10.9. The molecule has 2 N–H and O–H groups in total. The van der Waals surface area contributed by atoms with E-state index in [0.29, 0.717) is 11.8 Å². The first-order chi connectivity index (χ1) is 8.29. The van der Waals surface area contributed by atoms with Crippen molar-refractivity contribution in [3.63, 3.8) is 0 Å². The monoisotopic (exact) mass is 244 g/mol. The minimum atomic E-state index is 0.211. The molecule has 2 heteroatoms. The molecule has 2 nitrogen and oxygen atoms in total. The third-order valence-electron chi connectivity index (χ3n) is 3.76. The molecule has 0 radical (unpaired) electrons. The van der Waals surface area contributed by atoms with E-state index in [0.717, 1.165) is 6.42 Å². The molecule has 0 aromatic heterocycles. The quantitative estimate of drug-likeness (QED) is 0.513. The van der Waals surface area contributed by atoms with E-state index in [1.807, 2.05) is 0 Å². The van der Waals surface area contributed by atoms with Crippen LogP contribution in [0.5, 0.6) is 0 Å². The maximum Gasteiger partial charge on any atom is 0.0462 e. The van der Waals surface area contributed by atoms with Gasteiger partial charge >= 0.3 is 0 Å². The molecule has 0 aliphatic carbocycles. The molecule has 17 heavy (non-hydrogen) atoms. The zero-order valence-corrected chi connectivity index (χ0v) is 11.8. The van der Waals surface area contributed by atoms with E-state index in [1.54, 1.807) is 0 Å². The van der Waals surface area contributed by atoms with E-state index < -0.39 is 0 Å². The van der Waals surface area contributed by atoms with Crippen molar-refractivity contribution in [3.8, 4) is 0 Å². The van der Waals surface area contributed by atoms with Gasteiger partial charge in [0, 0.05) is 13.2 Å². The van der Waals surface area contributed by atoms with Crippen molar-refractivity contribution < 1.29 is 10.2 Å². The van der Waals surface area contributed by atoms with Crippen molar-refractivity contribution in [2.75, 3.05) is 13.2 Å². The van der Waals surface area contributed by atoms with Gasteiger partial charge in [-0.25, -0.2) is 0 Å². The van der Waals surface area contributed by atoms with Gasteiger partial charge in [-0.3, -0.25) is 0 Å². The molecule has 2 atom stereocenters. The van der Waals surface area contributed by atoms with Crippen LogP contribution in [-0.2, 0) is 0 Å². The van der Waals surface area contributed by atoms with E-state index in [9.17, 15) is 5.11 Å². The minimum absolute atomic E-state index is 0.211. The highest BCUT2D eigenvalue weighted by molar-refractivity contribution is 4.70. The Kier molecular flexibility index (Phi) is 12.3. The van der Waals surface area contributed by atoms with Gasteiger partial charge in [-0.15, -0.1) is 0 Å². The fraction of sp³-hybridized carbons (Fsp3) is 1.00. The number of unbranched alkanes of at least 4 members (excludes halogenated alkanes) is 4. The maximum atomic E-state index is 9.42. The van der Waals surface area contributed by atoms with Gasteiger partial charge in [0.1, 0.15) is 0 Å². The zero-order chi connectivity index (χ0) is 12.9. The Morgan fingerprint density at radius 3 is 1.88 bits per heavy atom. The van der Waals surface area contributed by atoms with Crippen LogP contribution in [0.2, 0.25) is 0 Å². The SMILES string of the molecule is CCCCCC[C@H](CCCC)[C@H](CO)CCO. The van der Waals surface area contributed by atoms with Crippen molar-refractivity contribution >= 4 is 0 Å². The van der Waals surface area contributed by atoms with Crippen LogP contribution in [0.4, 0.5) is 0 Å². The highest BCUT2D eigenvalue weighted by Crippen LogP contribution is 2.27. The molecule has 0 rings (SSSR count). The summed E-state index contributed by atoms with van der Waals surface area (Å²) < 4.78 is 0. The molecule has 0 saturated heterocycles. The standard InChI is InChI=1S/C15H32O2/c1-3-5-7-8-10-14(9-6-4-2)15(13-17)11-12-16/h14-17H,3-13H2,1-2H3/t14-,15-/m0/s1. The largest absolute Gasteiger partial charge is 0.396 e. The molecule has 0 aromatic rings. The summed E-state index contributed by atoms with van der Waals surface area (Å²) in [6, 6.07) is 0. The van der Waals surface area contributed by atoms with E-state index >= 15 is 0 Å². The third-order valence-corrected chi connectivity index (χ3v) is 3.76. The Morgan fingerprint density at radius 2 is 1.35 bits per heavy atom. The molecule has 104 valence electrons. The fourth-order valence-electron chi connectivity index (χ4n) is 2.56. The van der Waals surface area contributed by atoms with Crippen molar-refractivity contribution in [3.05, 3.63) is 0 Å². The summed E-state index contributed by atoms with van der Waals surface area (Å²) in [5.41, 5.74) is 0. The molecule has 0 aliphatic heterocycles. The second-order valence-electron chi connectivity index (χ2n) is 5.21. The lowest BCUT2D eigenvalue weighted by atomic mass is 9.82. The van der Waals surface area contributed by atoms with E-state index in [2.05, 4.69) is 13.8 Å². The summed E-state index contributed by atoms with van der Waals surface area (Å²) in [5.74, 6) is 0.928. The first kappa shape index (κ1) is 16.9. The molecule has 0 bridgehead atoms. The molecule has 0 fully saturated rings. The third kappa shape index (κ3) is 8.62. The first-order valence-corrected chi connectivity index (χ1v) is 7.51. The van der Waals surface area contributed by atoms with Crippen LogP contribution >= 0.6 is 0 Å². The highest BCUT2D eigenvalue weighted by Gasteiger charge is 2.19. The lowest BCUT2D eigenvalue weighted by molar-refractivity contribution is 0.127. The minimum Gasteiger partial charge on any atom is -0.396 e. The molecule has 0 unspecified atom stereocenters. The summed E-state index contributed by atoms with van der Waals surface area (Å²) in [7, 11) is 0. The lowest BCUT2D eigenvalue weighted by Gasteiger charge is -2.25. The van der Waals surface area contributed by atoms with Gasteiger partial charge in [0.15, 0.2) is 0 Å². The second-order valence-corrected chi connectivity index (χ2v) is 5.21. The molecule has 0 heterocycles. The van der Waals surface area contributed by atoms with Crippen molar-refractivity contribution in [2.45, 2.75) is 71.6 Å². The van der Waals surface area contributed by atoms with Gasteiger partial charge in [-0.2, -0.15) is 0 Å². The zero-order valence-electron chi connectivity index (χ0n) is 11.8. The van der Waals surface area contributed by atoms with Crippen LogP contribution in [0.15, 0.2) is 0 Å². The van der Waals surface area contributed by atoms with Gasteiger partial charge in [0.2, 0.25) is 0 Å². The second kappa shape index (κ2) is 12.4. The average molecular weight is 244 g/mol. The molecular formula is C15H32O2. The van der Waals surface area contributed by atoms with E-state index in [-0.39, 0.29) is 13.2 Å². The normalized spacial score (nSPS) is 14.8. The molecule has 0 saturated carbocycles. The number of rotatable bonds is 12. The number of aliphatic hydroxyl groups is 2.